The fraction of sp³-hybridized carbons (Fsp3) is 0.462. The van der Waals surface area contributed by atoms with Crippen LogP contribution in [0.15, 0.2) is 18.3 Å². The molecule has 1 unspecified atom stereocenters. The van der Waals surface area contributed by atoms with Crippen molar-refractivity contribution in [2.45, 2.75) is 20.3 Å². The number of likely N-dealkylation sites (tertiary alicyclic amines) is 1. The molecule has 0 saturated carbocycles. The van der Waals surface area contributed by atoms with Crippen molar-refractivity contribution in [3.8, 4) is 0 Å². The molecule has 0 aliphatic carbocycles. The molecule has 1 aliphatic heterocycles. The zero-order valence-corrected chi connectivity index (χ0v) is 10.1. The Morgan fingerprint density at radius 3 is 2.94 bits per heavy atom. The average Bonchev–Trinajstić information content (AvgIpc) is 2.32. The maximum atomic E-state index is 12.2. The second-order valence-corrected chi connectivity index (χ2v) is 4.54. The summed E-state index contributed by atoms with van der Waals surface area (Å²) in [5.74, 6) is 0.117. The molecule has 4 nitrogen and oxygen atoms in total. The first-order valence-electron chi connectivity index (χ1n) is 5.83. The number of Topliss-reactive ketones (excluding diaryl/α,β-unsaturated/α-hetero) is 1. The average molecular weight is 232 g/mol. The van der Waals surface area contributed by atoms with Gasteiger partial charge in [-0.15, -0.1) is 0 Å². The van der Waals surface area contributed by atoms with E-state index in [2.05, 4.69) is 4.98 Å². The highest BCUT2D eigenvalue weighted by atomic mass is 16.2. The highest BCUT2D eigenvalue weighted by Gasteiger charge is 2.28. The number of piperidine rings is 1. The Balaban J connectivity index is 2.16. The molecule has 1 fully saturated rings. The molecule has 0 radical (unpaired) electrons. The minimum absolute atomic E-state index is 0.0586. The van der Waals surface area contributed by atoms with Gasteiger partial charge in [0, 0.05) is 31.6 Å². The van der Waals surface area contributed by atoms with Crippen molar-refractivity contribution in [3.63, 3.8) is 0 Å². The van der Waals surface area contributed by atoms with E-state index in [0.717, 1.165) is 5.56 Å². The number of rotatable bonds is 1. The molecule has 90 valence electrons. The van der Waals surface area contributed by atoms with Crippen LogP contribution in [0.3, 0.4) is 0 Å². The number of hydrogen-bond donors (Lipinski definition) is 0. The predicted octanol–water partition coefficient (Wildman–Crippen LogP) is 1.44. The molecule has 0 aromatic carbocycles. The third-order valence-electron chi connectivity index (χ3n) is 3.17. The maximum absolute atomic E-state index is 12.2. The van der Waals surface area contributed by atoms with Gasteiger partial charge >= 0.3 is 0 Å². The number of aromatic nitrogens is 1. The fourth-order valence-corrected chi connectivity index (χ4v) is 2.06. The SMILES string of the molecule is Cc1cccnc1C(=O)N1CCC(=O)C(C)C1. The van der Waals surface area contributed by atoms with Crippen molar-refractivity contribution in [2.24, 2.45) is 5.92 Å². The number of ketones is 1. The normalized spacial score (nSPS) is 20.5. The van der Waals surface area contributed by atoms with Crippen molar-refractivity contribution in [1.29, 1.82) is 0 Å². The zero-order valence-electron chi connectivity index (χ0n) is 10.1. The molecule has 4 heteroatoms. The highest BCUT2D eigenvalue weighted by molar-refractivity contribution is 5.95. The number of carbonyl (C=O) groups is 2. The number of aryl methyl sites for hydroxylation is 1. The van der Waals surface area contributed by atoms with Gasteiger partial charge in [-0.2, -0.15) is 0 Å². The first-order valence-corrected chi connectivity index (χ1v) is 5.83. The van der Waals surface area contributed by atoms with E-state index < -0.39 is 0 Å². The lowest BCUT2D eigenvalue weighted by molar-refractivity contribution is -0.124. The standard InChI is InChI=1S/C13H16N2O2/c1-9-4-3-6-14-12(9)13(17)15-7-5-11(16)10(2)8-15/h3-4,6,10H,5,7-8H2,1-2H3. The number of nitrogens with zero attached hydrogens (tertiary/aromatic N) is 2. The van der Waals surface area contributed by atoms with E-state index in [0.29, 0.717) is 25.2 Å². The second-order valence-electron chi connectivity index (χ2n) is 4.54. The molecular formula is C13H16N2O2. The lowest BCUT2D eigenvalue weighted by atomic mass is 9.98. The van der Waals surface area contributed by atoms with Crippen LogP contribution in [0.1, 0.15) is 29.4 Å². The van der Waals surface area contributed by atoms with Crippen LogP contribution < -0.4 is 0 Å². The number of pyridine rings is 1. The molecular weight excluding hydrogens is 216 g/mol. The van der Waals surface area contributed by atoms with E-state index >= 15 is 0 Å². The van der Waals surface area contributed by atoms with Crippen LogP contribution in [0.25, 0.3) is 0 Å². The van der Waals surface area contributed by atoms with E-state index in [1.165, 1.54) is 0 Å². The van der Waals surface area contributed by atoms with Gasteiger partial charge in [0.1, 0.15) is 11.5 Å². The fourth-order valence-electron chi connectivity index (χ4n) is 2.06. The van der Waals surface area contributed by atoms with E-state index in [1.54, 1.807) is 11.1 Å². The zero-order chi connectivity index (χ0) is 12.4. The van der Waals surface area contributed by atoms with Crippen molar-refractivity contribution < 1.29 is 9.59 Å². The summed E-state index contributed by atoms with van der Waals surface area (Å²) in [5.41, 5.74) is 1.37. The summed E-state index contributed by atoms with van der Waals surface area (Å²) in [5, 5.41) is 0. The van der Waals surface area contributed by atoms with Crippen molar-refractivity contribution in [2.75, 3.05) is 13.1 Å². The molecule has 2 heterocycles. The lowest BCUT2D eigenvalue weighted by Crippen LogP contribution is -2.43. The third-order valence-corrected chi connectivity index (χ3v) is 3.17. The Kier molecular flexibility index (Phi) is 3.22. The first-order chi connectivity index (χ1) is 8.09. The van der Waals surface area contributed by atoms with Crippen LogP contribution in [-0.4, -0.2) is 34.7 Å². The molecule has 2 rings (SSSR count). The van der Waals surface area contributed by atoms with Crippen LogP contribution in [0.2, 0.25) is 0 Å². The molecule has 1 saturated heterocycles. The Hall–Kier alpha value is -1.71. The van der Waals surface area contributed by atoms with Gasteiger partial charge in [0.25, 0.3) is 5.91 Å². The minimum atomic E-state index is -0.0672. The van der Waals surface area contributed by atoms with Crippen molar-refractivity contribution in [1.82, 2.24) is 9.88 Å². The van der Waals surface area contributed by atoms with Gasteiger partial charge in [0.05, 0.1) is 0 Å². The largest absolute Gasteiger partial charge is 0.336 e. The number of amides is 1. The number of carbonyl (C=O) groups excluding carboxylic acids is 2. The maximum Gasteiger partial charge on any atom is 0.272 e. The van der Waals surface area contributed by atoms with Gasteiger partial charge < -0.3 is 4.90 Å². The van der Waals surface area contributed by atoms with E-state index in [9.17, 15) is 9.59 Å². The quantitative estimate of drug-likeness (QED) is 0.736. The molecule has 17 heavy (non-hydrogen) atoms. The van der Waals surface area contributed by atoms with Gasteiger partial charge in [-0.3, -0.25) is 14.6 Å². The van der Waals surface area contributed by atoms with E-state index in [-0.39, 0.29) is 17.6 Å². The first kappa shape index (κ1) is 11.8. The van der Waals surface area contributed by atoms with E-state index in [4.69, 9.17) is 0 Å². The molecule has 1 amide bonds. The van der Waals surface area contributed by atoms with Crippen LogP contribution >= 0.6 is 0 Å². The van der Waals surface area contributed by atoms with Crippen molar-refractivity contribution in [3.05, 3.63) is 29.6 Å². The molecule has 1 aromatic rings. The summed E-state index contributed by atoms with van der Waals surface area (Å²) >= 11 is 0. The van der Waals surface area contributed by atoms with Crippen LogP contribution in [0.4, 0.5) is 0 Å². The molecule has 0 bridgehead atoms. The van der Waals surface area contributed by atoms with E-state index in [1.807, 2.05) is 26.0 Å². The van der Waals surface area contributed by atoms with Crippen LogP contribution in [-0.2, 0) is 4.79 Å². The predicted molar refractivity (Wildman–Crippen MR) is 63.7 cm³/mol. The third kappa shape index (κ3) is 2.35. The van der Waals surface area contributed by atoms with Crippen LogP contribution in [0, 0.1) is 12.8 Å². The summed E-state index contributed by atoms with van der Waals surface area (Å²) in [4.78, 5) is 29.5. The molecule has 1 atom stereocenters. The summed E-state index contributed by atoms with van der Waals surface area (Å²) in [6, 6.07) is 3.69. The smallest absolute Gasteiger partial charge is 0.272 e. The van der Waals surface area contributed by atoms with Gasteiger partial charge in [-0.05, 0) is 18.6 Å². The van der Waals surface area contributed by atoms with Gasteiger partial charge in [-0.1, -0.05) is 13.0 Å². The summed E-state index contributed by atoms with van der Waals surface area (Å²) in [6.45, 7) is 4.76. The Morgan fingerprint density at radius 2 is 2.29 bits per heavy atom. The lowest BCUT2D eigenvalue weighted by Gasteiger charge is -2.30. The molecule has 1 aromatic heterocycles. The van der Waals surface area contributed by atoms with Gasteiger partial charge in [0.2, 0.25) is 0 Å². The topological polar surface area (TPSA) is 50.3 Å². The molecule has 0 N–H and O–H groups in total. The van der Waals surface area contributed by atoms with Gasteiger partial charge in [-0.25, -0.2) is 0 Å². The Morgan fingerprint density at radius 1 is 1.53 bits per heavy atom. The Labute approximate surface area is 101 Å². The molecule has 0 spiro atoms. The molecule has 1 aliphatic rings. The minimum Gasteiger partial charge on any atom is -0.336 e. The highest BCUT2D eigenvalue weighted by Crippen LogP contribution is 2.16. The summed E-state index contributed by atoms with van der Waals surface area (Å²) in [6.07, 6.45) is 2.08. The van der Waals surface area contributed by atoms with Crippen LogP contribution in [0.5, 0.6) is 0 Å². The number of hydrogen-bond acceptors (Lipinski definition) is 3. The summed E-state index contributed by atoms with van der Waals surface area (Å²) in [7, 11) is 0. The summed E-state index contributed by atoms with van der Waals surface area (Å²) < 4.78 is 0. The monoisotopic (exact) mass is 232 g/mol. The van der Waals surface area contributed by atoms with Gasteiger partial charge in [0.15, 0.2) is 0 Å². The second kappa shape index (κ2) is 4.65. The Bertz CT molecular complexity index is 456. The van der Waals surface area contributed by atoms with Crippen molar-refractivity contribution >= 4 is 11.7 Å².